The Morgan fingerprint density at radius 2 is 2.10 bits per heavy atom. The third-order valence-corrected chi connectivity index (χ3v) is 4.66. The molecule has 0 bridgehead atoms. The number of hydrogen-bond donors (Lipinski definition) is 1. The Labute approximate surface area is 167 Å². The van der Waals surface area contributed by atoms with Crippen LogP contribution < -0.4 is 14.8 Å². The molecule has 29 heavy (non-hydrogen) atoms. The number of nitrogens with zero attached hydrogens (tertiary/aromatic N) is 2. The van der Waals surface area contributed by atoms with Crippen molar-refractivity contribution in [2.24, 2.45) is 0 Å². The summed E-state index contributed by atoms with van der Waals surface area (Å²) in [5.74, 6) is 0.464. The first-order chi connectivity index (χ1) is 14.0. The Bertz CT molecular complexity index is 1060. The van der Waals surface area contributed by atoms with Crippen LogP contribution in [0.1, 0.15) is 18.1 Å². The molecule has 1 aromatic heterocycles. The Kier molecular flexibility index (Phi) is 5.07. The van der Waals surface area contributed by atoms with E-state index in [2.05, 4.69) is 10.4 Å². The lowest BCUT2D eigenvalue weighted by Crippen LogP contribution is -2.10. The van der Waals surface area contributed by atoms with E-state index in [9.17, 15) is 9.18 Å². The highest BCUT2D eigenvalue weighted by molar-refractivity contribution is 5.77. The summed E-state index contributed by atoms with van der Waals surface area (Å²) in [7, 11) is 1.58. The Morgan fingerprint density at radius 3 is 2.86 bits per heavy atom. The molecule has 7 nitrogen and oxygen atoms in total. The van der Waals surface area contributed by atoms with Gasteiger partial charge in [-0.3, -0.25) is 4.79 Å². The van der Waals surface area contributed by atoms with Crippen LogP contribution in [0.4, 0.5) is 10.1 Å². The standard InChI is InChI=1S/C21H20FN3O4/c1-13(26)29-12-25-21-15(10-24-25)6-14-7-19(27-2)20(9-18(14)21)28-11-23-17-5-3-4-16(22)8-17/h3-5,7-10,23H,6,11-12H2,1-2H3. The molecule has 1 aliphatic carbocycles. The first kappa shape index (κ1) is 18.8. The molecular weight excluding hydrogens is 377 g/mol. The number of anilines is 1. The number of rotatable bonds is 7. The number of hydrogen-bond acceptors (Lipinski definition) is 6. The van der Waals surface area contributed by atoms with Gasteiger partial charge in [-0.15, -0.1) is 0 Å². The molecule has 0 amide bonds. The fourth-order valence-corrected chi connectivity index (χ4v) is 3.36. The summed E-state index contributed by atoms with van der Waals surface area (Å²) >= 11 is 0. The van der Waals surface area contributed by atoms with Crippen LogP contribution in [0.25, 0.3) is 11.3 Å². The van der Waals surface area contributed by atoms with Crippen molar-refractivity contribution in [1.82, 2.24) is 9.78 Å². The number of methoxy groups -OCH3 is 1. The molecule has 1 aliphatic rings. The predicted octanol–water partition coefficient (Wildman–Crippen LogP) is 3.57. The summed E-state index contributed by atoms with van der Waals surface area (Å²) in [6.45, 7) is 1.55. The second-order valence-electron chi connectivity index (χ2n) is 6.60. The van der Waals surface area contributed by atoms with E-state index in [0.29, 0.717) is 23.6 Å². The van der Waals surface area contributed by atoms with Gasteiger partial charge in [-0.25, -0.2) is 9.07 Å². The topological polar surface area (TPSA) is 74.6 Å². The van der Waals surface area contributed by atoms with Gasteiger partial charge >= 0.3 is 5.97 Å². The molecule has 1 heterocycles. The fraction of sp³-hybridized carbons (Fsp3) is 0.238. The minimum absolute atomic E-state index is 0.0491. The molecule has 4 rings (SSSR count). The fourth-order valence-electron chi connectivity index (χ4n) is 3.36. The summed E-state index contributed by atoms with van der Waals surface area (Å²) in [4.78, 5) is 11.1. The Morgan fingerprint density at radius 1 is 1.24 bits per heavy atom. The van der Waals surface area contributed by atoms with Gasteiger partial charge in [0, 0.05) is 30.2 Å². The molecule has 0 radical (unpaired) electrons. The molecule has 0 atom stereocenters. The highest BCUT2D eigenvalue weighted by atomic mass is 19.1. The molecule has 150 valence electrons. The van der Waals surface area contributed by atoms with Gasteiger partial charge in [0.2, 0.25) is 0 Å². The molecule has 1 N–H and O–H groups in total. The number of carbonyl (C=O) groups is 1. The summed E-state index contributed by atoms with van der Waals surface area (Å²) < 4.78 is 31.4. The van der Waals surface area contributed by atoms with Crippen molar-refractivity contribution in [2.75, 3.05) is 19.2 Å². The maximum Gasteiger partial charge on any atom is 0.304 e. The second-order valence-corrected chi connectivity index (χ2v) is 6.60. The van der Waals surface area contributed by atoms with E-state index in [1.54, 1.807) is 30.1 Å². The molecule has 3 aromatic rings. The van der Waals surface area contributed by atoms with Crippen LogP contribution in [-0.4, -0.2) is 29.6 Å². The van der Waals surface area contributed by atoms with E-state index in [4.69, 9.17) is 14.2 Å². The average Bonchev–Trinajstić information content (AvgIpc) is 3.24. The maximum absolute atomic E-state index is 13.3. The summed E-state index contributed by atoms with van der Waals surface area (Å²) in [5, 5.41) is 7.33. The van der Waals surface area contributed by atoms with Crippen molar-refractivity contribution in [1.29, 1.82) is 0 Å². The van der Waals surface area contributed by atoms with Gasteiger partial charge in [-0.1, -0.05) is 6.07 Å². The van der Waals surface area contributed by atoms with Crippen LogP contribution in [0, 0.1) is 5.82 Å². The zero-order valence-electron chi connectivity index (χ0n) is 16.1. The van der Waals surface area contributed by atoms with Crippen LogP contribution in [-0.2, 0) is 22.7 Å². The molecular formula is C21H20FN3O4. The third-order valence-electron chi connectivity index (χ3n) is 4.66. The minimum Gasteiger partial charge on any atom is -0.493 e. The monoisotopic (exact) mass is 397 g/mol. The van der Waals surface area contributed by atoms with Gasteiger partial charge in [0.15, 0.2) is 25.0 Å². The first-order valence-corrected chi connectivity index (χ1v) is 9.06. The van der Waals surface area contributed by atoms with Gasteiger partial charge in [0.1, 0.15) is 5.82 Å². The van der Waals surface area contributed by atoms with Gasteiger partial charge in [0.25, 0.3) is 0 Å². The smallest absolute Gasteiger partial charge is 0.304 e. The number of aromatic nitrogens is 2. The number of esters is 1. The van der Waals surface area contributed by atoms with Crippen LogP contribution in [0.3, 0.4) is 0 Å². The lowest BCUT2D eigenvalue weighted by Gasteiger charge is -2.15. The normalized spacial score (nSPS) is 11.6. The molecule has 0 unspecified atom stereocenters. The van der Waals surface area contributed by atoms with E-state index in [0.717, 1.165) is 22.4 Å². The van der Waals surface area contributed by atoms with Crippen LogP contribution >= 0.6 is 0 Å². The lowest BCUT2D eigenvalue weighted by atomic mass is 10.1. The SMILES string of the molecule is COc1cc2c(cc1OCNc1cccc(F)c1)-c1c(cnn1COC(C)=O)C2. The molecule has 0 saturated heterocycles. The number of halogens is 1. The Hall–Kier alpha value is -3.55. The van der Waals surface area contributed by atoms with Gasteiger partial charge in [-0.2, -0.15) is 5.10 Å². The average molecular weight is 397 g/mol. The maximum atomic E-state index is 13.3. The third kappa shape index (κ3) is 3.87. The number of nitrogens with one attached hydrogen (secondary N) is 1. The molecule has 8 heteroatoms. The van der Waals surface area contributed by atoms with Crippen molar-refractivity contribution in [3.63, 3.8) is 0 Å². The molecule has 0 spiro atoms. The zero-order valence-corrected chi connectivity index (χ0v) is 16.1. The predicted molar refractivity (Wildman–Crippen MR) is 104 cm³/mol. The van der Waals surface area contributed by atoms with Gasteiger partial charge in [-0.05, 0) is 35.9 Å². The van der Waals surface area contributed by atoms with Crippen molar-refractivity contribution in [3.05, 3.63) is 59.5 Å². The lowest BCUT2D eigenvalue weighted by molar-refractivity contribution is -0.145. The Balaban J connectivity index is 1.56. The number of carbonyl (C=O) groups excluding carboxylic acids is 1. The van der Waals surface area contributed by atoms with E-state index in [1.165, 1.54) is 19.1 Å². The number of fused-ring (bicyclic) bond motifs is 3. The van der Waals surface area contributed by atoms with E-state index < -0.39 is 0 Å². The molecule has 2 aromatic carbocycles. The van der Waals surface area contributed by atoms with E-state index in [-0.39, 0.29) is 25.2 Å². The van der Waals surface area contributed by atoms with Crippen molar-refractivity contribution in [2.45, 2.75) is 20.1 Å². The van der Waals surface area contributed by atoms with Gasteiger partial charge in [0.05, 0.1) is 19.0 Å². The van der Waals surface area contributed by atoms with Crippen molar-refractivity contribution >= 4 is 11.7 Å². The van der Waals surface area contributed by atoms with Crippen LogP contribution in [0.15, 0.2) is 42.6 Å². The minimum atomic E-state index is -0.366. The van der Waals surface area contributed by atoms with Crippen LogP contribution in [0.2, 0.25) is 0 Å². The number of ether oxygens (including phenoxy) is 3. The highest BCUT2D eigenvalue weighted by Crippen LogP contribution is 2.42. The van der Waals surface area contributed by atoms with E-state index in [1.807, 2.05) is 12.1 Å². The second kappa shape index (κ2) is 7.83. The van der Waals surface area contributed by atoms with E-state index >= 15 is 0 Å². The zero-order chi connectivity index (χ0) is 20.4. The summed E-state index contributed by atoms with van der Waals surface area (Å²) in [6, 6.07) is 9.98. The summed E-state index contributed by atoms with van der Waals surface area (Å²) in [6.07, 6.45) is 2.49. The largest absolute Gasteiger partial charge is 0.493 e. The van der Waals surface area contributed by atoms with Crippen LogP contribution in [0.5, 0.6) is 11.5 Å². The number of benzene rings is 2. The van der Waals surface area contributed by atoms with Gasteiger partial charge < -0.3 is 19.5 Å². The quantitative estimate of drug-likeness (QED) is 0.380. The highest BCUT2D eigenvalue weighted by Gasteiger charge is 2.26. The molecule has 0 fully saturated rings. The summed E-state index contributed by atoms with van der Waals surface area (Å²) in [5.41, 5.74) is 4.59. The molecule has 0 saturated carbocycles. The molecule has 0 aliphatic heterocycles. The first-order valence-electron chi connectivity index (χ1n) is 9.06. The van der Waals surface area contributed by atoms with Crippen molar-refractivity contribution in [3.8, 4) is 22.8 Å². The van der Waals surface area contributed by atoms with Crippen molar-refractivity contribution < 1.29 is 23.4 Å².